The SMILES string of the molecule is Cc1ccc(C(C)NC(=O)CN(c2ccc(S(=O)(=O)N3CCOCC3)cc2)S(C)(=O)=O)c(C)c1. The van der Waals surface area contributed by atoms with Crippen LogP contribution in [0.1, 0.15) is 29.7 Å². The van der Waals surface area contributed by atoms with Crippen molar-refractivity contribution >= 4 is 31.6 Å². The molecule has 1 amide bonds. The first-order chi connectivity index (χ1) is 15.9. The van der Waals surface area contributed by atoms with Crippen LogP contribution in [0.4, 0.5) is 5.69 Å². The second-order valence-corrected chi connectivity index (χ2v) is 12.3. The number of carbonyl (C=O) groups excluding carboxylic acids is 1. The number of ether oxygens (including phenoxy) is 1. The molecule has 11 heteroatoms. The van der Waals surface area contributed by atoms with Crippen LogP contribution < -0.4 is 9.62 Å². The van der Waals surface area contributed by atoms with Gasteiger partial charge >= 0.3 is 0 Å². The second kappa shape index (κ2) is 10.4. The fourth-order valence-corrected chi connectivity index (χ4v) is 6.19. The zero-order chi connectivity index (χ0) is 25.1. The zero-order valence-electron chi connectivity index (χ0n) is 19.8. The second-order valence-electron chi connectivity index (χ2n) is 8.43. The normalized spacial score (nSPS) is 16.1. The lowest BCUT2D eigenvalue weighted by Gasteiger charge is -2.26. The first-order valence-electron chi connectivity index (χ1n) is 10.9. The van der Waals surface area contributed by atoms with Crippen LogP contribution in [-0.4, -0.2) is 66.2 Å². The van der Waals surface area contributed by atoms with E-state index in [1.54, 1.807) is 0 Å². The van der Waals surface area contributed by atoms with Gasteiger partial charge in [-0.2, -0.15) is 4.31 Å². The molecule has 9 nitrogen and oxygen atoms in total. The van der Waals surface area contributed by atoms with Gasteiger partial charge in [0.2, 0.25) is 26.0 Å². The van der Waals surface area contributed by atoms with Gasteiger partial charge < -0.3 is 10.1 Å². The molecule has 0 spiro atoms. The molecule has 0 aliphatic carbocycles. The highest BCUT2D eigenvalue weighted by Crippen LogP contribution is 2.24. The summed E-state index contributed by atoms with van der Waals surface area (Å²) in [6.07, 6.45) is 1.01. The number of rotatable bonds is 8. The largest absolute Gasteiger partial charge is 0.379 e. The zero-order valence-corrected chi connectivity index (χ0v) is 21.4. The molecular weight excluding hydrogens is 478 g/mol. The Bertz CT molecular complexity index is 1240. The van der Waals surface area contributed by atoms with Crippen LogP contribution in [0.2, 0.25) is 0 Å². The molecule has 3 rings (SSSR count). The summed E-state index contributed by atoms with van der Waals surface area (Å²) in [5, 5.41) is 2.85. The van der Waals surface area contributed by atoms with E-state index >= 15 is 0 Å². The minimum absolute atomic E-state index is 0.0551. The predicted octanol–water partition coefficient (Wildman–Crippen LogP) is 1.97. The molecule has 1 fully saturated rings. The van der Waals surface area contributed by atoms with Gasteiger partial charge in [-0.1, -0.05) is 23.8 Å². The highest BCUT2D eigenvalue weighted by Gasteiger charge is 2.27. The molecule has 1 unspecified atom stereocenters. The van der Waals surface area contributed by atoms with E-state index in [1.807, 2.05) is 39.0 Å². The minimum atomic E-state index is -3.80. The van der Waals surface area contributed by atoms with E-state index in [9.17, 15) is 21.6 Å². The van der Waals surface area contributed by atoms with E-state index in [1.165, 1.54) is 28.6 Å². The van der Waals surface area contributed by atoms with E-state index in [0.717, 1.165) is 27.3 Å². The Labute approximate surface area is 201 Å². The molecule has 1 N–H and O–H groups in total. The highest BCUT2D eigenvalue weighted by molar-refractivity contribution is 7.92. The first-order valence-corrected chi connectivity index (χ1v) is 14.2. The standard InChI is InChI=1S/C23H31N3O6S2/c1-17-5-10-22(18(2)15-17)19(3)24-23(27)16-26(33(4,28)29)20-6-8-21(9-7-20)34(30,31)25-11-13-32-14-12-25/h5-10,15,19H,11-14,16H2,1-4H3,(H,24,27). The number of carbonyl (C=O) groups is 1. The maximum absolute atomic E-state index is 12.8. The number of hydrogen-bond acceptors (Lipinski definition) is 6. The topological polar surface area (TPSA) is 113 Å². The Hall–Kier alpha value is -2.47. The van der Waals surface area contributed by atoms with Crippen LogP contribution in [0, 0.1) is 13.8 Å². The molecule has 0 saturated carbocycles. The molecule has 34 heavy (non-hydrogen) atoms. The number of nitrogens with one attached hydrogen (secondary N) is 1. The number of hydrogen-bond donors (Lipinski definition) is 1. The van der Waals surface area contributed by atoms with Gasteiger partial charge in [-0.3, -0.25) is 9.10 Å². The Balaban J connectivity index is 1.76. The van der Waals surface area contributed by atoms with Gasteiger partial charge in [-0.05, 0) is 56.2 Å². The summed E-state index contributed by atoms with van der Waals surface area (Å²) < 4.78 is 58.0. The molecular formula is C23H31N3O6S2. The molecule has 1 aliphatic rings. The lowest BCUT2D eigenvalue weighted by molar-refractivity contribution is -0.120. The van der Waals surface area contributed by atoms with Gasteiger partial charge in [0.25, 0.3) is 0 Å². The molecule has 1 atom stereocenters. The summed E-state index contributed by atoms with van der Waals surface area (Å²) in [5.74, 6) is -0.470. The van der Waals surface area contributed by atoms with Crippen molar-refractivity contribution in [2.75, 3.05) is 43.4 Å². The van der Waals surface area contributed by atoms with Gasteiger partial charge in [-0.25, -0.2) is 16.8 Å². The van der Waals surface area contributed by atoms with E-state index in [-0.39, 0.29) is 29.7 Å². The molecule has 0 radical (unpaired) electrons. The average Bonchev–Trinajstić information content (AvgIpc) is 2.77. The fraction of sp³-hybridized carbons (Fsp3) is 0.435. The maximum Gasteiger partial charge on any atom is 0.243 e. The highest BCUT2D eigenvalue weighted by atomic mass is 32.2. The third-order valence-electron chi connectivity index (χ3n) is 5.69. The summed E-state index contributed by atoms with van der Waals surface area (Å²) in [4.78, 5) is 12.8. The first kappa shape index (κ1) is 26.1. The number of anilines is 1. The fourth-order valence-electron chi connectivity index (χ4n) is 3.93. The van der Waals surface area contributed by atoms with Crippen molar-refractivity contribution in [3.05, 3.63) is 59.2 Å². The van der Waals surface area contributed by atoms with Gasteiger partial charge in [0, 0.05) is 13.1 Å². The summed E-state index contributed by atoms with van der Waals surface area (Å²) in [6, 6.07) is 11.1. The Morgan fingerprint density at radius 1 is 1.06 bits per heavy atom. The van der Waals surface area contributed by atoms with Crippen LogP contribution >= 0.6 is 0 Å². The number of benzene rings is 2. The smallest absolute Gasteiger partial charge is 0.243 e. The molecule has 1 saturated heterocycles. The molecule has 2 aromatic carbocycles. The van der Waals surface area contributed by atoms with Gasteiger partial charge in [0.05, 0.1) is 36.1 Å². The number of nitrogens with zero attached hydrogens (tertiary/aromatic N) is 2. The minimum Gasteiger partial charge on any atom is -0.379 e. The third kappa shape index (κ3) is 6.15. The molecule has 0 bridgehead atoms. The average molecular weight is 510 g/mol. The van der Waals surface area contributed by atoms with Crippen molar-refractivity contribution in [3.63, 3.8) is 0 Å². The molecule has 2 aromatic rings. The van der Waals surface area contributed by atoms with Crippen LogP contribution in [0.3, 0.4) is 0 Å². The van der Waals surface area contributed by atoms with Gasteiger partial charge in [0.15, 0.2) is 0 Å². The van der Waals surface area contributed by atoms with Gasteiger partial charge in [-0.15, -0.1) is 0 Å². The number of aryl methyl sites for hydroxylation is 2. The molecule has 1 aliphatic heterocycles. The van der Waals surface area contributed by atoms with Gasteiger partial charge in [0.1, 0.15) is 6.54 Å². The van der Waals surface area contributed by atoms with Crippen molar-refractivity contribution < 1.29 is 26.4 Å². The molecule has 1 heterocycles. The third-order valence-corrected chi connectivity index (χ3v) is 8.74. The number of sulfonamides is 2. The Kier molecular flexibility index (Phi) is 8.02. The van der Waals surface area contributed by atoms with Crippen LogP contribution in [-0.2, 0) is 29.6 Å². The van der Waals surface area contributed by atoms with Crippen molar-refractivity contribution in [1.29, 1.82) is 0 Å². The Morgan fingerprint density at radius 2 is 1.68 bits per heavy atom. The van der Waals surface area contributed by atoms with Crippen molar-refractivity contribution in [1.82, 2.24) is 9.62 Å². The van der Waals surface area contributed by atoms with Crippen molar-refractivity contribution in [3.8, 4) is 0 Å². The van der Waals surface area contributed by atoms with Crippen LogP contribution in [0.5, 0.6) is 0 Å². The monoisotopic (exact) mass is 509 g/mol. The van der Waals surface area contributed by atoms with E-state index in [2.05, 4.69) is 5.32 Å². The number of morpholine rings is 1. The lowest BCUT2D eigenvalue weighted by atomic mass is 10.0. The predicted molar refractivity (Wildman–Crippen MR) is 131 cm³/mol. The van der Waals surface area contributed by atoms with Crippen LogP contribution in [0.15, 0.2) is 47.4 Å². The van der Waals surface area contributed by atoms with Crippen molar-refractivity contribution in [2.45, 2.75) is 31.7 Å². The Morgan fingerprint density at radius 3 is 2.24 bits per heavy atom. The summed E-state index contributed by atoms with van der Waals surface area (Å²) in [6.45, 7) is 6.54. The van der Waals surface area contributed by atoms with E-state index in [4.69, 9.17) is 4.74 Å². The molecule has 186 valence electrons. The number of amides is 1. The summed E-state index contributed by atoms with van der Waals surface area (Å²) in [5.41, 5.74) is 3.30. The molecule has 0 aromatic heterocycles. The van der Waals surface area contributed by atoms with Crippen LogP contribution in [0.25, 0.3) is 0 Å². The van der Waals surface area contributed by atoms with E-state index in [0.29, 0.717) is 13.2 Å². The quantitative estimate of drug-likeness (QED) is 0.582. The van der Waals surface area contributed by atoms with Crippen molar-refractivity contribution in [2.24, 2.45) is 0 Å². The summed E-state index contributed by atoms with van der Waals surface area (Å²) in [7, 11) is -7.51. The lowest BCUT2D eigenvalue weighted by Crippen LogP contribution is -2.41. The maximum atomic E-state index is 12.8. The van der Waals surface area contributed by atoms with E-state index < -0.39 is 32.5 Å². The summed E-state index contributed by atoms with van der Waals surface area (Å²) >= 11 is 0.